The first kappa shape index (κ1) is 15.6. The molecule has 96 valence electrons. The van der Waals surface area contributed by atoms with E-state index < -0.39 is 43.2 Å². The number of nitrogens with one attached hydrogen (secondary N) is 1. The highest BCUT2D eigenvalue weighted by Crippen LogP contribution is 2.19. The normalized spacial score (nSPS) is 38.7. The molecule has 1 aliphatic heterocycles. The highest BCUT2D eigenvalue weighted by molar-refractivity contribution is 5.85. The number of ether oxygens (including phenoxy) is 1. The lowest BCUT2D eigenvalue weighted by molar-refractivity contribution is -0.253. The van der Waals surface area contributed by atoms with Gasteiger partial charge in [-0.1, -0.05) is 0 Å². The SMILES string of the molecule is CC(=O)N[C@@H]1[C@@H](O)[C@H](O)[C@@H](CO)O[C@@H]1O.Cl. The van der Waals surface area contributed by atoms with Gasteiger partial charge in [0, 0.05) is 6.92 Å². The van der Waals surface area contributed by atoms with Crippen molar-refractivity contribution in [2.45, 2.75) is 37.6 Å². The first-order valence-electron chi connectivity index (χ1n) is 4.55. The largest absolute Gasteiger partial charge is 0.394 e. The maximum atomic E-state index is 10.7. The van der Waals surface area contributed by atoms with Crippen LogP contribution in [0.4, 0.5) is 0 Å². The van der Waals surface area contributed by atoms with Gasteiger partial charge < -0.3 is 30.5 Å². The molecule has 1 fully saturated rings. The van der Waals surface area contributed by atoms with Gasteiger partial charge >= 0.3 is 0 Å². The minimum Gasteiger partial charge on any atom is -0.394 e. The number of amides is 1. The van der Waals surface area contributed by atoms with E-state index in [4.69, 9.17) is 9.84 Å². The van der Waals surface area contributed by atoms with Crippen LogP contribution in [-0.4, -0.2) is 63.6 Å². The molecule has 1 saturated heterocycles. The lowest BCUT2D eigenvalue weighted by Gasteiger charge is -2.40. The van der Waals surface area contributed by atoms with Crippen molar-refractivity contribution in [3.05, 3.63) is 0 Å². The lowest BCUT2D eigenvalue weighted by atomic mass is 9.97. The number of hydrogen-bond donors (Lipinski definition) is 5. The number of rotatable bonds is 2. The fraction of sp³-hybridized carbons (Fsp3) is 0.875. The van der Waals surface area contributed by atoms with Crippen LogP contribution in [0.5, 0.6) is 0 Å². The van der Waals surface area contributed by atoms with Gasteiger partial charge in [-0.2, -0.15) is 0 Å². The Hall–Kier alpha value is -0.440. The molecular formula is C8H16ClNO6. The van der Waals surface area contributed by atoms with Crippen molar-refractivity contribution < 1.29 is 30.0 Å². The summed E-state index contributed by atoms with van der Waals surface area (Å²) in [7, 11) is 0. The predicted octanol–water partition coefficient (Wildman–Crippen LogP) is -2.66. The summed E-state index contributed by atoms with van der Waals surface area (Å²) in [6, 6.07) is -1.10. The number of carbonyl (C=O) groups excluding carboxylic acids is 1. The second-order valence-corrected chi connectivity index (χ2v) is 3.46. The summed E-state index contributed by atoms with van der Waals surface area (Å²) >= 11 is 0. The Bertz CT molecular complexity index is 241. The Kier molecular flexibility index (Phi) is 6.16. The van der Waals surface area contributed by atoms with Crippen molar-refractivity contribution in [3.63, 3.8) is 0 Å². The molecule has 1 aliphatic rings. The first-order chi connectivity index (χ1) is 6.97. The zero-order valence-electron chi connectivity index (χ0n) is 8.61. The minimum atomic E-state index is -1.45. The van der Waals surface area contributed by atoms with Crippen LogP contribution in [0.1, 0.15) is 6.92 Å². The average Bonchev–Trinajstić information content (AvgIpc) is 2.18. The molecule has 5 N–H and O–H groups in total. The Morgan fingerprint density at radius 2 is 1.88 bits per heavy atom. The molecule has 0 bridgehead atoms. The molecule has 0 radical (unpaired) electrons. The Labute approximate surface area is 98.4 Å². The molecule has 16 heavy (non-hydrogen) atoms. The highest BCUT2D eigenvalue weighted by Gasteiger charge is 2.43. The standard InChI is InChI=1S/C8H15NO6.ClH/c1-3(11)9-5-7(13)6(12)4(2-10)15-8(5)14;/h4-8,10,12-14H,2H2,1H3,(H,9,11);1H/t4-,5-,6-,7-,8+;/m1./s1. The van der Waals surface area contributed by atoms with Gasteiger partial charge in [0.1, 0.15) is 24.4 Å². The molecule has 0 unspecified atom stereocenters. The van der Waals surface area contributed by atoms with Crippen LogP contribution in [0.25, 0.3) is 0 Å². The third-order valence-corrected chi connectivity index (χ3v) is 2.27. The Morgan fingerprint density at radius 1 is 1.31 bits per heavy atom. The molecule has 1 rings (SSSR count). The number of aliphatic hydroxyl groups is 4. The Balaban J connectivity index is 0.00000225. The van der Waals surface area contributed by atoms with Gasteiger partial charge in [-0.15, -0.1) is 12.4 Å². The third kappa shape index (κ3) is 3.27. The lowest BCUT2D eigenvalue weighted by Crippen LogP contribution is -2.63. The van der Waals surface area contributed by atoms with E-state index in [0.717, 1.165) is 0 Å². The molecule has 0 aromatic heterocycles. The van der Waals surface area contributed by atoms with Crippen LogP contribution in [-0.2, 0) is 9.53 Å². The van der Waals surface area contributed by atoms with E-state index in [0.29, 0.717) is 0 Å². The number of halogens is 1. The van der Waals surface area contributed by atoms with E-state index in [-0.39, 0.29) is 12.4 Å². The number of carbonyl (C=O) groups is 1. The van der Waals surface area contributed by atoms with Crippen LogP contribution in [0, 0.1) is 0 Å². The van der Waals surface area contributed by atoms with Crippen molar-refractivity contribution in [3.8, 4) is 0 Å². The maximum Gasteiger partial charge on any atom is 0.217 e. The summed E-state index contributed by atoms with van der Waals surface area (Å²) in [6.07, 6.45) is -5.24. The molecule has 0 aromatic carbocycles. The van der Waals surface area contributed by atoms with E-state index in [1.165, 1.54) is 6.92 Å². The summed E-state index contributed by atoms with van der Waals surface area (Å²) in [5.41, 5.74) is 0. The fourth-order valence-corrected chi connectivity index (χ4v) is 1.49. The van der Waals surface area contributed by atoms with E-state index in [1.54, 1.807) is 0 Å². The van der Waals surface area contributed by atoms with E-state index in [1.807, 2.05) is 0 Å². The number of aliphatic hydroxyl groups excluding tert-OH is 4. The van der Waals surface area contributed by atoms with Crippen molar-refractivity contribution in [2.24, 2.45) is 0 Å². The zero-order chi connectivity index (χ0) is 11.6. The number of hydrogen-bond acceptors (Lipinski definition) is 6. The van der Waals surface area contributed by atoms with Crippen molar-refractivity contribution in [2.75, 3.05) is 6.61 Å². The van der Waals surface area contributed by atoms with Crippen LogP contribution in [0.3, 0.4) is 0 Å². The van der Waals surface area contributed by atoms with Gasteiger partial charge in [0.05, 0.1) is 6.61 Å². The van der Waals surface area contributed by atoms with Gasteiger partial charge in [0.25, 0.3) is 0 Å². The van der Waals surface area contributed by atoms with Crippen molar-refractivity contribution in [1.29, 1.82) is 0 Å². The second-order valence-electron chi connectivity index (χ2n) is 3.46. The molecule has 7 nitrogen and oxygen atoms in total. The summed E-state index contributed by atoms with van der Waals surface area (Å²) in [6.45, 7) is 0.687. The zero-order valence-corrected chi connectivity index (χ0v) is 9.42. The maximum absolute atomic E-state index is 10.7. The van der Waals surface area contributed by atoms with E-state index in [2.05, 4.69) is 5.32 Å². The monoisotopic (exact) mass is 257 g/mol. The van der Waals surface area contributed by atoms with Crippen LogP contribution in [0.2, 0.25) is 0 Å². The van der Waals surface area contributed by atoms with Gasteiger partial charge in [-0.25, -0.2) is 0 Å². The van der Waals surface area contributed by atoms with Crippen LogP contribution in [0.15, 0.2) is 0 Å². The molecule has 0 spiro atoms. The minimum absolute atomic E-state index is 0. The fourth-order valence-electron chi connectivity index (χ4n) is 1.49. The smallest absolute Gasteiger partial charge is 0.217 e. The van der Waals surface area contributed by atoms with Crippen molar-refractivity contribution in [1.82, 2.24) is 5.32 Å². The average molecular weight is 258 g/mol. The topological polar surface area (TPSA) is 119 Å². The first-order valence-corrected chi connectivity index (χ1v) is 4.55. The third-order valence-electron chi connectivity index (χ3n) is 2.27. The van der Waals surface area contributed by atoms with E-state index >= 15 is 0 Å². The second kappa shape index (κ2) is 6.33. The molecule has 0 aromatic rings. The van der Waals surface area contributed by atoms with Gasteiger partial charge in [-0.05, 0) is 0 Å². The molecule has 1 heterocycles. The van der Waals surface area contributed by atoms with Crippen molar-refractivity contribution >= 4 is 18.3 Å². The Morgan fingerprint density at radius 3 is 2.31 bits per heavy atom. The van der Waals surface area contributed by atoms with Crippen LogP contribution >= 0.6 is 12.4 Å². The molecule has 0 aliphatic carbocycles. The summed E-state index contributed by atoms with van der Waals surface area (Å²) in [5.74, 6) is -0.462. The predicted molar refractivity (Wildman–Crippen MR) is 54.8 cm³/mol. The molecule has 8 heteroatoms. The molecule has 5 atom stereocenters. The summed E-state index contributed by atoms with van der Waals surface area (Å²) in [4.78, 5) is 10.7. The van der Waals surface area contributed by atoms with Gasteiger partial charge in [0.15, 0.2) is 6.29 Å². The summed E-state index contributed by atoms with van der Waals surface area (Å²) < 4.78 is 4.81. The van der Waals surface area contributed by atoms with E-state index in [9.17, 15) is 20.1 Å². The quantitative estimate of drug-likeness (QED) is 0.369. The summed E-state index contributed by atoms with van der Waals surface area (Å²) in [5, 5.41) is 39.4. The van der Waals surface area contributed by atoms with Crippen LogP contribution < -0.4 is 5.32 Å². The molecular weight excluding hydrogens is 242 g/mol. The highest BCUT2D eigenvalue weighted by atomic mass is 35.5. The molecule has 0 saturated carbocycles. The van der Waals surface area contributed by atoms with Gasteiger partial charge in [0.2, 0.25) is 5.91 Å². The van der Waals surface area contributed by atoms with Gasteiger partial charge in [-0.3, -0.25) is 4.79 Å². The molecule has 1 amide bonds.